The highest BCUT2D eigenvalue weighted by atomic mass is 32.1. The Morgan fingerprint density at radius 3 is 2.48 bits per heavy atom. The Morgan fingerprint density at radius 1 is 1.17 bits per heavy atom. The third-order valence-corrected chi connectivity index (χ3v) is 7.55. The molecule has 1 fully saturated rings. The molecule has 3 rings (SSSR count). The predicted octanol–water partition coefficient (Wildman–Crippen LogP) is 1.90. The van der Waals surface area contributed by atoms with E-state index in [2.05, 4.69) is 39.3 Å². The second-order valence-electron chi connectivity index (χ2n) is 11.0. The number of rotatable bonds is 10. The van der Waals surface area contributed by atoms with Gasteiger partial charge in [-0.15, -0.1) is 11.3 Å². The van der Waals surface area contributed by atoms with E-state index < -0.39 is 35.4 Å². The third-order valence-electron chi connectivity index (χ3n) is 6.57. The topological polar surface area (TPSA) is 130 Å². The zero-order chi connectivity index (χ0) is 30.7. The summed E-state index contributed by atoms with van der Waals surface area (Å²) in [6, 6.07) is 6.05. The first-order valence-electron chi connectivity index (χ1n) is 13.6. The summed E-state index contributed by atoms with van der Waals surface area (Å²) in [5, 5.41) is 16.0. The molecule has 1 aliphatic rings. The molecule has 1 aromatic carbocycles. The normalized spacial score (nSPS) is 17.0. The lowest BCUT2D eigenvalue weighted by Gasteiger charge is -2.35. The van der Waals surface area contributed by atoms with Crippen molar-refractivity contribution in [3.63, 3.8) is 0 Å². The fourth-order valence-corrected chi connectivity index (χ4v) is 5.22. The fourth-order valence-electron chi connectivity index (χ4n) is 4.41. The Kier molecular flexibility index (Phi) is 12.1. The minimum Gasteiger partial charge on any atom is -0.391 e. The maximum absolute atomic E-state index is 13.7. The summed E-state index contributed by atoms with van der Waals surface area (Å²) in [6.45, 7) is 7.67. The number of likely N-dealkylation sites (tertiary alicyclic amines) is 1. The van der Waals surface area contributed by atoms with Gasteiger partial charge >= 0.3 is 0 Å². The summed E-state index contributed by atoms with van der Waals surface area (Å²) in [7, 11) is 1.53. The van der Waals surface area contributed by atoms with Crippen LogP contribution >= 0.6 is 11.3 Å². The van der Waals surface area contributed by atoms with Crippen LogP contribution in [0.2, 0.25) is 0 Å². The van der Waals surface area contributed by atoms with Crippen LogP contribution in [0.1, 0.15) is 38.4 Å². The van der Waals surface area contributed by atoms with E-state index in [1.165, 1.54) is 12.0 Å². The van der Waals surface area contributed by atoms with Crippen molar-refractivity contribution in [2.24, 2.45) is 5.41 Å². The number of aliphatic hydroxyl groups excluding tert-OH is 1. The van der Waals surface area contributed by atoms with Crippen molar-refractivity contribution >= 4 is 29.1 Å². The minimum atomic E-state index is -0.942. The van der Waals surface area contributed by atoms with Crippen LogP contribution in [0.25, 0.3) is 10.4 Å². The van der Waals surface area contributed by atoms with E-state index in [0.717, 1.165) is 21.7 Å². The van der Waals surface area contributed by atoms with E-state index >= 15 is 0 Å². The smallest absolute Gasteiger partial charge is 0.246 e. The molecule has 1 aliphatic heterocycles. The van der Waals surface area contributed by atoms with Crippen LogP contribution < -0.4 is 10.6 Å². The number of hydrogen-bond donors (Lipinski definition) is 3. The number of benzene rings is 1. The number of thiazole rings is 1. The highest BCUT2D eigenvalue weighted by molar-refractivity contribution is 7.13. The monoisotopic (exact) mass is 594 g/mol. The van der Waals surface area contributed by atoms with Gasteiger partial charge in [-0.05, 0) is 35.3 Å². The maximum Gasteiger partial charge on any atom is 0.246 e. The van der Waals surface area contributed by atoms with Gasteiger partial charge in [-0.2, -0.15) is 0 Å². The van der Waals surface area contributed by atoms with E-state index in [4.69, 9.17) is 9.47 Å². The number of ether oxygens (including phenoxy) is 2. The van der Waals surface area contributed by atoms with Gasteiger partial charge in [0.1, 0.15) is 31.9 Å². The SMILES string of the molecule is COCC#CC#CCOCC(=O)N[C@H](C(=O)N1C[C@H](O)C[C@H]1C(=O)NCc1ccc(-c2scnc2C)cc1)C(C)(C)C. The highest BCUT2D eigenvalue weighted by Crippen LogP contribution is 2.28. The van der Waals surface area contributed by atoms with Crippen LogP contribution in [0, 0.1) is 36.0 Å². The van der Waals surface area contributed by atoms with E-state index in [-0.39, 0.29) is 45.2 Å². The van der Waals surface area contributed by atoms with Gasteiger partial charge in [-0.3, -0.25) is 14.4 Å². The molecule has 3 amide bonds. The molecule has 3 N–H and O–H groups in total. The number of aliphatic hydroxyl groups is 1. The molecule has 0 aliphatic carbocycles. The molecule has 1 aromatic heterocycles. The number of hydrogen-bond acceptors (Lipinski definition) is 8. The summed E-state index contributed by atoms with van der Waals surface area (Å²) >= 11 is 1.57. The van der Waals surface area contributed by atoms with Gasteiger partial charge in [-0.1, -0.05) is 56.9 Å². The first-order chi connectivity index (χ1) is 20.0. The van der Waals surface area contributed by atoms with Gasteiger partial charge < -0.3 is 30.1 Å². The van der Waals surface area contributed by atoms with Gasteiger partial charge in [0, 0.05) is 26.6 Å². The van der Waals surface area contributed by atoms with Crippen molar-refractivity contribution < 1.29 is 29.0 Å². The van der Waals surface area contributed by atoms with Gasteiger partial charge in [-0.25, -0.2) is 4.98 Å². The van der Waals surface area contributed by atoms with Gasteiger partial charge in [0.2, 0.25) is 17.7 Å². The molecule has 11 heteroatoms. The fraction of sp³-hybridized carbons (Fsp3) is 0.484. The van der Waals surface area contributed by atoms with E-state index in [1.54, 1.807) is 11.3 Å². The summed E-state index contributed by atoms with van der Waals surface area (Å²) in [5.41, 5.74) is 4.07. The molecular formula is C31H38N4O6S. The first kappa shape index (κ1) is 32.8. The number of carbonyl (C=O) groups excluding carboxylic acids is 3. The van der Waals surface area contributed by atoms with Crippen molar-refractivity contribution in [3.8, 4) is 34.1 Å². The standard InChI is InChI=1S/C31H38N4O6S/c1-21-27(42-20-33-21)23-12-10-22(11-13-23)17-32-29(38)25-16-24(36)18-35(25)30(39)28(31(2,3)4)34-26(37)19-41-15-9-7-6-8-14-40-5/h10-13,20,24-25,28,36H,14-19H2,1-5H3,(H,32,38)(H,34,37)/t24-,25+,28-/m1/s1. The Morgan fingerprint density at radius 2 is 1.86 bits per heavy atom. The predicted molar refractivity (Wildman–Crippen MR) is 160 cm³/mol. The summed E-state index contributed by atoms with van der Waals surface area (Å²) in [5.74, 6) is 9.25. The number of carbonyl (C=O) groups is 3. The molecule has 1 saturated heterocycles. The van der Waals surface area contributed by atoms with E-state index in [0.29, 0.717) is 0 Å². The molecule has 0 saturated carbocycles. The van der Waals surface area contributed by atoms with Crippen molar-refractivity contribution in [1.82, 2.24) is 20.5 Å². The molecule has 0 radical (unpaired) electrons. The van der Waals surface area contributed by atoms with Crippen LogP contribution in [0.4, 0.5) is 0 Å². The second-order valence-corrected chi connectivity index (χ2v) is 11.8. The Labute approximate surface area is 251 Å². The first-order valence-corrected chi connectivity index (χ1v) is 14.5. The maximum atomic E-state index is 13.7. The van der Waals surface area contributed by atoms with Crippen molar-refractivity contribution in [2.45, 2.75) is 58.8 Å². The molecule has 224 valence electrons. The highest BCUT2D eigenvalue weighted by Gasteiger charge is 2.44. The van der Waals surface area contributed by atoms with Crippen LogP contribution in [0.15, 0.2) is 29.8 Å². The van der Waals surface area contributed by atoms with Crippen LogP contribution in [0.5, 0.6) is 0 Å². The van der Waals surface area contributed by atoms with Crippen LogP contribution in [-0.4, -0.2) is 84.4 Å². The number of nitrogens with zero attached hydrogens (tertiary/aromatic N) is 2. The van der Waals surface area contributed by atoms with Crippen LogP contribution in [-0.2, 0) is 30.4 Å². The van der Waals surface area contributed by atoms with Gasteiger partial charge in [0.15, 0.2) is 0 Å². The lowest BCUT2D eigenvalue weighted by molar-refractivity contribution is -0.144. The lowest BCUT2D eigenvalue weighted by atomic mass is 9.85. The number of aryl methyl sites for hydroxylation is 1. The van der Waals surface area contributed by atoms with Gasteiger partial charge in [0.05, 0.1) is 22.2 Å². The third kappa shape index (κ3) is 9.40. The Bertz CT molecular complexity index is 1360. The Hall–Kier alpha value is -3.74. The Balaban J connectivity index is 1.59. The second kappa shape index (κ2) is 15.5. The molecule has 10 nitrogen and oxygen atoms in total. The summed E-state index contributed by atoms with van der Waals surface area (Å²) in [4.78, 5) is 46.2. The van der Waals surface area contributed by atoms with Crippen molar-refractivity contribution in [1.29, 1.82) is 0 Å². The molecule has 42 heavy (non-hydrogen) atoms. The van der Waals surface area contributed by atoms with E-state index in [9.17, 15) is 19.5 Å². The molecule has 0 bridgehead atoms. The average Bonchev–Trinajstić information content (AvgIpc) is 3.56. The summed E-state index contributed by atoms with van der Waals surface area (Å²) < 4.78 is 10.1. The van der Waals surface area contributed by atoms with E-state index in [1.807, 2.05) is 57.5 Å². The molecule has 0 spiro atoms. The minimum absolute atomic E-state index is 0.00152. The van der Waals surface area contributed by atoms with Crippen molar-refractivity contribution in [2.75, 3.05) is 33.5 Å². The quantitative estimate of drug-likeness (QED) is 0.283. The average molecular weight is 595 g/mol. The zero-order valence-electron chi connectivity index (χ0n) is 24.7. The zero-order valence-corrected chi connectivity index (χ0v) is 25.5. The largest absolute Gasteiger partial charge is 0.391 e. The number of amides is 3. The molecule has 2 aromatic rings. The number of nitrogens with one attached hydrogen (secondary N) is 2. The lowest BCUT2D eigenvalue weighted by Crippen LogP contribution is -2.58. The molecule has 0 unspecified atom stereocenters. The number of β-amino-alcohol motifs (C(OH)–C–C–N with tert-alkyl or cyclic N) is 1. The van der Waals surface area contributed by atoms with Crippen LogP contribution in [0.3, 0.4) is 0 Å². The molecule has 2 heterocycles. The number of methoxy groups -OCH3 is 1. The number of aromatic nitrogens is 1. The molecular weight excluding hydrogens is 556 g/mol. The summed E-state index contributed by atoms with van der Waals surface area (Å²) in [6.07, 6.45) is -0.738. The molecule has 3 atom stereocenters. The van der Waals surface area contributed by atoms with Gasteiger partial charge in [0.25, 0.3) is 0 Å². The van der Waals surface area contributed by atoms with Crippen molar-refractivity contribution in [3.05, 3.63) is 41.0 Å².